The molecule has 0 saturated heterocycles. The summed E-state index contributed by atoms with van der Waals surface area (Å²) in [4.78, 5) is 26.1. The Morgan fingerprint density at radius 1 is 1.09 bits per heavy atom. The number of benzene rings is 2. The summed E-state index contributed by atoms with van der Waals surface area (Å²) in [6, 6.07) is 12.0. The van der Waals surface area contributed by atoms with Crippen LogP contribution in [0.1, 0.15) is 25.3 Å². The van der Waals surface area contributed by atoms with Gasteiger partial charge in [0.1, 0.15) is 11.2 Å². The third-order valence-electron chi connectivity index (χ3n) is 5.64. The summed E-state index contributed by atoms with van der Waals surface area (Å²) >= 11 is 0. The molecule has 0 fully saturated rings. The van der Waals surface area contributed by atoms with Crippen LogP contribution in [0.2, 0.25) is 0 Å². The van der Waals surface area contributed by atoms with Gasteiger partial charge < -0.3 is 23.5 Å². The number of para-hydroxylation sites is 2. The quantitative estimate of drug-likeness (QED) is 0.312. The molecule has 1 unspecified atom stereocenters. The van der Waals surface area contributed by atoms with Crippen molar-refractivity contribution in [3.8, 4) is 0 Å². The maximum absolute atomic E-state index is 13.6. The van der Waals surface area contributed by atoms with Gasteiger partial charge in [0.05, 0.1) is 34.2 Å². The van der Waals surface area contributed by atoms with Gasteiger partial charge in [0.15, 0.2) is 0 Å². The summed E-state index contributed by atoms with van der Waals surface area (Å²) in [5.74, 6) is -1.50. The van der Waals surface area contributed by atoms with Crippen molar-refractivity contribution in [2.45, 2.75) is 19.8 Å². The highest BCUT2D eigenvalue weighted by Gasteiger charge is 2.43. The van der Waals surface area contributed by atoms with Crippen LogP contribution >= 0.6 is 7.60 Å². The molecule has 1 atom stereocenters. The number of carbonyl (C=O) groups excluding carboxylic acids is 1. The van der Waals surface area contributed by atoms with Gasteiger partial charge in [0, 0.05) is 31.7 Å². The van der Waals surface area contributed by atoms with Crippen LogP contribution in [0.3, 0.4) is 0 Å². The highest BCUT2D eigenvalue weighted by Crippen LogP contribution is 2.63. The Balaban J connectivity index is 2.08. The van der Waals surface area contributed by atoms with Crippen molar-refractivity contribution in [1.29, 1.82) is 0 Å². The van der Waals surface area contributed by atoms with E-state index in [1.54, 1.807) is 56.3 Å². The summed E-state index contributed by atoms with van der Waals surface area (Å²) in [7, 11) is -1.26. The van der Waals surface area contributed by atoms with Gasteiger partial charge >= 0.3 is 13.6 Å². The minimum atomic E-state index is -3.82. The molecule has 0 radical (unpaired) electrons. The maximum atomic E-state index is 13.6. The standard InChI is InChI=1S/C24H24NO7P/c1-5-31-24(27)18-13-25-14(2)23(33(28,29-3)30-4)20(18)16-10-8-11-17-21(26)15-9-6-7-12-19(15)32-22(16)17/h6-13,20,25H,5H2,1-4H3. The van der Waals surface area contributed by atoms with E-state index < -0.39 is 19.5 Å². The normalized spacial score (nSPS) is 16.6. The molecule has 2 aromatic carbocycles. The number of carbonyl (C=O) groups is 1. The molecule has 1 aromatic heterocycles. The highest BCUT2D eigenvalue weighted by atomic mass is 31.2. The first kappa shape index (κ1) is 23.0. The average Bonchev–Trinajstić information content (AvgIpc) is 2.83. The van der Waals surface area contributed by atoms with E-state index in [0.29, 0.717) is 27.6 Å². The fourth-order valence-corrected chi connectivity index (χ4v) is 5.73. The smallest absolute Gasteiger partial charge is 0.359 e. The van der Waals surface area contributed by atoms with Crippen molar-refractivity contribution in [2.24, 2.45) is 0 Å². The third-order valence-corrected chi connectivity index (χ3v) is 7.79. The number of fused-ring (bicyclic) bond motifs is 2. The molecular formula is C24H24NO7P. The van der Waals surface area contributed by atoms with E-state index in [0.717, 1.165) is 0 Å². The Hall–Kier alpha value is -3.19. The van der Waals surface area contributed by atoms with Crippen molar-refractivity contribution >= 4 is 35.5 Å². The van der Waals surface area contributed by atoms with Crippen LogP contribution in [0.25, 0.3) is 21.9 Å². The first-order valence-electron chi connectivity index (χ1n) is 10.4. The van der Waals surface area contributed by atoms with Gasteiger partial charge in [-0.15, -0.1) is 0 Å². The number of esters is 1. The third kappa shape index (κ3) is 3.80. The van der Waals surface area contributed by atoms with Gasteiger partial charge in [0.2, 0.25) is 5.43 Å². The molecule has 1 N–H and O–H groups in total. The molecule has 172 valence electrons. The average molecular weight is 469 g/mol. The zero-order valence-electron chi connectivity index (χ0n) is 18.7. The predicted molar refractivity (Wildman–Crippen MR) is 125 cm³/mol. The van der Waals surface area contributed by atoms with Crippen molar-refractivity contribution in [3.63, 3.8) is 0 Å². The zero-order valence-corrected chi connectivity index (χ0v) is 19.6. The lowest BCUT2D eigenvalue weighted by Crippen LogP contribution is -2.26. The molecule has 0 spiro atoms. The Morgan fingerprint density at radius 2 is 1.79 bits per heavy atom. The van der Waals surface area contributed by atoms with Crippen molar-refractivity contribution < 1.29 is 27.6 Å². The van der Waals surface area contributed by atoms with E-state index >= 15 is 0 Å². The molecule has 1 aliphatic rings. The second-order valence-corrected chi connectivity index (χ2v) is 9.63. The number of hydrogen-bond donors (Lipinski definition) is 1. The molecule has 4 rings (SSSR count). The molecule has 1 aliphatic heterocycles. The Morgan fingerprint density at radius 3 is 2.48 bits per heavy atom. The fraction of sp³-hybridized carbons (Fsp3) is 0.250. The predicted octanol–water partition coefficient (Wildman–Crippen LogP) is 4.80. The van der Waals surface area contributed by atoms with Crippen LogP contribution in [0.4, 0.5) is 0 Å². The number of allylic oxidation sites excluding steroid dienone is 2. The van der Waals surface area contributed by atoms with Crippen LogP contribution in [0.5, 0.6) is 0 Å². The molecular weight excluding hydrogens is 445 g/mol. The molecule has 9 heteroatoms. The van der Waals surface area contributed by atoms with E-state index in [1.807, 2.05) is 0 Å². The maximum Gasteiger partial charge on any atom is 0.359 e. The zero-order chi connectivity index (χ0) is 23.8. The van der Waals surface area contributed by atoms with Gasteiger partial charge in [-0.25, -0.2) is 4.79 Å². The molecule has 0 saturated carbocycles. The monoisotopic (exact) mass is 469 g/mol. The molecule has 0 amide bonds. The van der Waals surface area contributed by atoms with Crippen LogP contribution in [0, 0.1) is 0 Å². The van der Waals surface area contributed by atoms with Crippen LogP contribution < -0.4 is 10.7 Å². The summed E-state index contributed by atoms with van der Waals surface area (Å²) in [6.45, 7) is 3.56. The van der Waals surface area contributed by atoms with Crippen LogP contribution in [-0.4, -0.2) is 26.8 Å². The van der Waals surface area contributed by atoms with E-state index in [4.69, 9.17) is 18.2 Å². The highest BCUT2D eigenvalue weighted by molar-refractivity contribution is 7.58. The van der Waals surface area contributed by atoms with E-state index in [-0.39, 0.29) is 28.5 Å². The number of hydrogen-bond acceptors (Lipinski definition) is 8. The van der Waals surface area contributed by atoms with Gasteiger partial charge in [-0.3, -0.25) is 9.36 Å². The van der Waals surface area contributed by atoms with Crippen molar-refractivity contribution in [2.75, 3.05) is 20.8 Å². The number of ether oxygens (including phenoxy) is 1. The van der Waals surface area contributed by atoms with E-state index in [2.05, 4.69) is 5.32 Å². The summed E-state index contributed by atoms with van der Waals surface area (Å²) < 4.78 is 35.7. The number of nitrogens with one attached hydrogen (secondary N) is 1. The minimum absolute atomic E-state index is 0.155. The summed E-state index contributed by atoms with van der Waals surface area (Å²) in [5.41, 5.74) is 1.65. The van der Waals surface area contributed by atoms with E-state index in [9.17, 15) is 14.2 Å². The molecule has 0 bridgehead atoms. The second kappa shape index (κ2) is 8.98. The molecule has 33 heavy (non-hydrogen) atoms. The molecule has 3 aromatic rings. The number of rotatable bonds is 6. The lowest BCUT2D eigenvalue weighted by atomic mass is 9.87. The van der Waals surface area contributed by atoms with Crippen LogP contribution in [-0.2, 0) is 23.1 Å². The Bertz CT molecular complexity index is 1410. The SMILES string of the molecule is CCOC(=O)C1=CNC(C)=C(P(=O)(OC)OC)C1c1cccc2c(=O)c3ccccc3oc12. The summed E-state index contributed by atoms with van der Waals surface area (Å²) in [6.07, 6.45) is 1.51. The number of dihydropyridines is 1. The van der Waals surface area contributed by atoms with Gasteiger partial charge in [-0.05, 0) is 32.0 Å². The Kier molecular flexibility index (Phi) is 6.26. The first-order valence-corrected chi connectivity index (χ1v) is 11.9. The molecule has 8 nitrogen and oxygen atoms in total. The first-order chi connectivity index (χ1) is 15.9. The minimum Gasteiger partial charge on any atom is -0.463 e. The fourth-order valence-electron chi connectivity index (χ4n) is 4.12. The largest absolute Gasteiger partial charge is 0.463 e. The lowest BCUT2D eigenvalue weighted by molar-refractivity contribution is -0.138. The molecule has 0 aliphatic carbocycles. The van der Waals surface area contributed by atoms with Crippen molar-refractivity contribution in [3.05, 3.63) is 81.0 Å². The van der Waals surface area contributed by atoms with Crippen LogP contribution in [0.15, 0.2) is 74.5 Å². The topological polar surface area (TPSA) is 104 Å². The second-order valence-electron chi connectivity index (χ2n) is 7.42. The van der Waals surface area contributed by atoms with Gasteiger partial charge in [-0.2, -0.15) is 0 Å². The lowest BCUT2D eigenvalue weighted by Gasteiger charge is -2.31. The summed E-state index contributed by atoms with van der Waals surface area (Å²) in [5, 5.41) is 4.00. The van der Waals surface area contributed by atoms with Crippen molar-refractivity contribution in [1.82, 2.24) is 5.32 Å². The van der Waals surface area contributed by atoms with Gasteiger partial charge in [0.25, 0.3) is 0 Å². The van der Waals surface area contributed by atoms with E-state index in [1.165, 1.54) is 20.4 Å². The Labute approximate surface area is 190 Å². The van der Waals surface area contributed by atoms with Gasteiger partial charge in [-0.1, -0.05) is 24.3 Å². The molecule has 2 heterocycles.